The summed E-state index contributed by atoms with van der Waals surface area (Å²) in [4.78, 5) is 2.76. The zero-order chi connectivity index (χ0) is 14.8. The molecule has 1 saturated carbocycles. The van der Waals surface area contributed by atoms with Gasteiger partial charge in [-0.05, 0) is 44.4 Å². The van der Waals surface area contributed by atoms with Gasteiger partial charge in [-0.2, -0.15) is 0 Å². The Morgan fingerprint density at radius 1 is 1.25 bits per heavy atom. The number of nitrogens with zero attached hydrogens (tertiary/aromatic N) is 1. The third-order valence-corrected chi connectivity index (χ3v) is 5.52. The predicted molar refractivity (Wildman–Crippen MR) is 88.1 cm³/mol. The summed E-state index contributed by atoms with van der Waals surface area (Å²) in [6, 6.07) is 0.687. The van der Waals surface area contributed by atoms with Crippen LogP contribution < -0.4 is 5.32 Å². The van der Waals surface area contributed by atoms with E-state index < -0.39 is 0 Å². The van der Waals surface area contributed by atoms with Crippen LogP contribution in [-0.4, -0.2) is 36.1 Å². The second kappa shape index (κ2) is 6.36. The van der Waals surface area contributed by atoms with Crippen molar-refractivity contribution < 1.29 is 0 Å². The molecule has 0 amide bonds. The van der Waals surface area contributed by atoms with Gasteiger partial charge in [0, 0.05) is 31.2 Å². The highest BCUT2D eigenvalue weighted by atomic mass is 15.3. The highest BCUT2D eigenvalue weighted by Crippen LogP contribution is 2.41. The van der Waals surface area contributed by atoms with Crippen LogP contribution in [0.5, 0.6) is 0 Å². The molecule has 0 aromatic rings. The summed E-state index contributed by atoms with van der Waals surface area (Å²) < 4.78 is 0. The topological polar surface area (TPSA) is 15.3 Å². The van der Waals surface area contributed by atoms with Crippen molar-refractivity contribution in [2.24, 2.45) is 11.3 Å². The summed E-state index contributed by atoms with van der Waals surface area (Å²) in [5, 5.41) is 3.83. The fourth-order valence-electron chi connectivity index (χ4n) is 3.83. The van der Waals surface area contributed by atoms with E-state index >= 15 is 0 Å². The average Bonchev–Trinajstić information content (AvgIpc) is 3.18. The van der Waals surface area contributed by atoms with Gasteiger partial charge in [0.05, 0.1) is 0 Å². The molecule has 2 nitrogen and oxygen atoms in total. The van der Waals surface area contributed by atoms with Crippen molar-refractivity contribution in [3.05, 3.63) is 0 Å². The van der Waals surface area contributed by atoms with E-state index in [-0.39, 0.29) is 0 Å². The summed E-state index contributed by atoms with van der Waals surface area (Å²) in [6.45, 7) is 15.7. The SMILES string of the molecule is CCCCCC(C)(C)CN1CC(C)(C2CC2)NCC1C. The minimum absolute atomic E-state index is 0.381. The van der Waals surface area contributed by atoms with Gasteiger partial charge >= 0.3 is 0 Å². The molecule has 1 heterocycles. The van der Waals surface area contributed by atoms with Crippen molar-refractivity contribution in [3.63, 3.8) is 0 Å². The van der Waals surface area contributed by atoms with Gasteiger partial charge in [0.2, 0.25) is 0 Å². The third kappa shape index (κ3) is 4.21. The van der Waals surface area contributed by atoms with Gasteiger partial charge in [-0.3, -0.25) is 4.90 Å². The van der Waals surface area contributed by atoms with E-state index in [1.54, 1.807) is 0 Å². The van der Waals surface area contributed by atoms with Crippen molar-refractivity contribution >= 4 is 0 Å². The molecule has 20 heavy (non-hydrogen) atoms. The van der Waals surface area contributed by atoms with Gasteiger partial charge in [-0.15, -0.1) is 0 Å². The van der Waals surface area contributed by atoms with E-state index in [1.807, 2.05) is 0 Å². The quantitative estimate of drug-likeness (QED) is 0.708. The Morgan fingerprint density at radius 2 is 1.95 bits per heavy atom. The lowest BCUT2D eigenvalue weighted by atomic mass is 9.84. The van der Waals surface area contributed by atoms with Crippen LogP contribution >= 0.6 is 0 Å². The molecule has 0 aromatic carbocycles. The summed E-state index contributed by atoms with van der Waals surface area (Å²) in [5.74, 6) is 0.931. The maximum absolute atomic E-state index is 3.83. The summed E-state index contributed by atoms with van der Waals surface area (Å²) in [5.41, 5.74) is 0.844. The Kier molecular flexibility index (Phi) is 5.18. The van der Waals surface area contributed by atoms with E-state index in [0.717, 1.165) is 12.5 Å². The molecule has 118 valence electrons. The number of piperazine rings is 1. The first-order chi connectivity index (χ1) is 9.36. The van der Waals surface area contributed by atoms with Gasteiger partial charge in [-0.1, -0.05) is 40.0 Å². The van der Waals surface area contributed by atoms with Gasteiger partial charge < -0.3 is 5.32 Å². The van der Waals surface area contributed by atoms with E-state index in [9.17, 15) is 0 Å². The molecule has 1 aliphatic carbocycles. The van der Waals surface area contributed by atoms with Crippen LogP contribution in [0.2, 0.25) is 0 Å². The molecule has 2 rings (SSSR count). The van der Waals surface area contributed by atoms with Crippen LogP contribution in [0.15, 0.2) is 0 Å². The zero-order valence-electron chi connectivity index (χ0n) is 14.5. The number of nitrogens with one attached hydrogen (secondary N) is 1. The first-order valence-corrected chi connectivity index (χ1v) is 8.85. The van der Waals surface area contributed by atoms with Crippen molar-refractivity contribution in [1.29, 1.82) is 0 Å². The second-order valence-corrected chi connectivity index (χ2v) is 8.45. The molecule has 2 aliphatic rings. The van der Waals surface area contributed by atoms with Gasteiger partial charge in [0.15, 0.2) is 0 Å². The lowest BCUT2D eigenvalue weighted by molar-refractivity contribution is 0.0481. The first kappa shape index (κ1) is 16.3. The standard InChI is InChI=1S/C18H36N2/c1-6-7-8-11-17(3,4)13-20-14-18(5,16-9-10-16)19-12-15(20)2/h15-16,19H,6-14H2,1-5H3. The Bertz CT molecular complexity index is 309. The predicted octanol–water partition coefficient (Wildman–Crippen LogP) is 4.06. The molecule has 2 unspecified atom stereocenters. The number of rotatable bonds is 7. The third-order valence-electron chi connectivity index (χ3n) is 5.52. The molecule has 0 spiro atoms. The average molecular weight is 280 g/mol. The minimum Gasteiger partial charge on any atom is -0.308 e. The molecule has 1 N–H and O–H groups in total. The van der Waals surface area contributed by atoms with Gasteiger partial charge in [-0.25, -0.2) is 0 Å². The summed E-state index contributed by atoms with van der Waals surface area (Å²) >= 11 is 0. The van der Waals surface area contributed by atoms with Crippen molar-refractivity contribution in [2.45, 2.75) is 84.7 Å². The first-order valence-electron chi connectivity index (χ1n) is 8.85. The van der Waals surface area contributed by atoms with E-state index in [1.165, 1.54) is 51.6 Å². The maximum Gasteiger partial charge on any atom is 0.0309 e. The molecule has 2 fully saturated rings. The fourth-order valence-corrected chi connectivity index (χ4v) is 3.83. The molecule has 2 atom stereocenters. The van der Waals surface area contributed by atoms with Crippen molar-refractivity contribution in [2.75, 3.05) is 19.6 Å². The van der Waals surface area contributed by atoms with Crippen LogP contribution in [0.4, 0.5) is 0 Å². The minimum atomic E-state index is 0.381. The molecule has 0 radical (unpaired) electrons. The lowest BCUT2D eigenvalue weighted by Crippen LogP contribution is -2.64. The molecule has 2 heteroatoms. The molecular weight excluding hydrogens is 244 g/mol. The molecule has 1 saturated heterocycles. The van der Waals surface area contributed by atoms with Crippen LogP contribution in [0, 0.1) is 11.3 Å². The normalized spacial score (nSPS) is 32.5. The highest BCUT2D eigenvalue weighted by molar-refractivity contribution is 5.04. The smallest absolute Gasteiger partial charge is 0.0309 e. The molecule has 1 aliphatic heterocycles. The second-order valence-electron chi connectivity index (χ2n) is 8.45. The Labute approximate surface area is 126 Å². The maximum atomic E-state index is 3.83. The zero-order valence-corrected chi connectivity index (χ0v) is 14.5. The lowest BCUT2D eigenvalue weighted by Gasteiger charge is -2.48. The molecule has 0 aromatic heterocycles. The Hall–Kier alpha value is -0.0800. The number of unbranched alkanes of at least 4 members (excludes halogenated alkanes) is 2. The van der Waals surface area contributed by atoms with E-state index in [4.69, 9.17) is 0 Å². The van der Waals surface area contributed by atoms with E-state index in [0.29, 0.717) is 17.0 Å². The Balaban J connectivity index is 1.88. The fraction of sp³-hybridized carbons (Fsp3) is 1.00. The van der Waals surface area contributed by atoms with Crippen LogP contribution in [0.25, 0.3) is 0 Å². The highest BCUT2D eigenvalue weighted by Gasteiger charge is 2.45. The van der Waals surface area contributed by atoms with E-state index in [2.05, 4.69) is 44.8 Å². The largest absolute Gasteiger partial charge is 0.308 e. The van der Waals surface area contributed by atoms with Crippen molar-refractivity contribution in [3.8, 4) is 0 Å². The monoisotopic (exact) mass is 280 g/mol. The van der Waals surface area contributed by atoms with Crippen LogP contribution in [0.3, 0.4) is 0 Å². The molecular formula is C18H36N2. The van der Waals surface area contributed by atoms with Gasteiger partial charge in [0.1, 0.15) is 0 Å². The van der Waals surface area contributed by atoms with Crippen molar-refractivity contribution in [1.82, 2.24) is 10.2 Å². The summed E-state index contributed by atoms with van der Waals surface area (Å²) in [6.07, 6.45) is 8.36. The summed E-state index contributed by atoms with van der Waals surface area (Å²) in [7, 11) is 0. The van der Waals surface area contributed by atoms with Crippen LogP contribution in [-0.2, 0) is 0 Å². The number of hydrogen-bond donors (Lipinski definition) is 1. The molecule has 0 bridgehead atoms. The van der Waals surface area contributed by atoms with Gasteiger partial charge in [0.25, 0.3) is 0 Å². The Morgan fingerprint density at radius 3 is 2.55 bits per heavy atom. The number of hydrogen-bond acceptors (Lipinski definition) is 2. The van der Waals surface area contributed by atoms with Crippen LogP contribution in [0.1, 0.15) is 73.1 Å².